The van der Waals surface area contributed by atoms with E-state index in [1.165, 1.54) is 12.5 Å². The summed E-state index contributed by atoms with van der Waals surface area (Å²) in [6, 6.07) is 10.0. The van der Waals surface area contributed by atoms with Crippen LogP contribution >= 0.6 is 0 Å². The van der Waals surface area contributed by atoms with E-state index in [0.717, 1.165) is 5.56 Å². The highest BCUT2D eigenvalue weighted by atomic mass is 32.2. The normalized spacial score (nSPS) is 21.3. The van der Waals surface area contributed by atoms with E-state index in [2.05, 4.69) is 30.7 Å². The van der Waals surface area contributed by atoms with Gasteiger partial charge in [-0.25, -0.2) is 18.4 Å². The molecule has 2 heterocycles. The predicted molar refractivity (Wildman–Crippen MR) is 106 cm³/mol. The number of aryl methyl sites for hydroxylation is 1. The smallest absolute Gasteiger partial charge is 0.180 e. The number of benzene rings is 1. The van der Waals surface area contributed by atoms with Gasteiger partial charge in [-0.1, -0.05) is 51.1 Å². The second kappa shape index (κ2) is 7.20. The number of anilines is 1. The van der Waals surface area contributed by atoms with Crippen LogP contribution in [0.25, 0.3) is 0 Å². The molecule has 3 rings (SSSR count). The Hall–Kier alpha value is -1.99. The molecule has 1 aliphatic rings. The van der Waals surface area contributed by atoms with Crippen LogP contribution in [0.2, 0.25) is 0 Å². The van der Waals surface area contributed by atoms with Crippen LogP contribution in [0.15, 0.2) is 41.4 Å². The molecule has 0 bridgehead atoms. The molecule has 1 aliphatic heterocycles. The third kappa shape index (κ3) is 4.47. The van der Waals surface area contributed by atoms with Crippen LogP contribution in [0.4, 0.5) is 5.82 Å². The maximum absolute atomic E-state index is 12.3. The first-order valence-electron chi connectivity index (χ1n) is 9.05. The minimum atomic E-state index is -3.44. The van der Waals surface area contributed by atoms with Gasteiger partial charge in [-0.3, -0.25) is 0 Å². The van der Waals surface area contributed by atoms with Crippen LogP contribution in [-0.2, 0) is 14.6 Å². The van der Waals surface area contributed by atoms with Gasteiger partial charge in [-0.05, 0) is 17.9 Å². The minimum Gasteiger partial charge on any atom is -0.366 e. The van der Waals surface area contributed by atoms with Gasteiger partial charge in [0.25, 0.3) is 0 Å². The van der Waals surface area contributed by atoms with Gasteiger partial charge >= 0.3 is 0 Å². The van der Waals surface area contributed by atoms with E-state index in [-0.39, 0.29) is 22.5 Å². The van der Waals surface area contributed by atoms with Crippen molar-refractivity contribution in [3.63, 3.8) is 0 Å². The van der Waals surface area contributed by atoms with Gasteiger partial charge in [0.05, 0.1) is 12.3 Å². The van der Waals surface area contributed by atoms with Gasteiger partial charge in [0, 0.05) is 19.3 Å². The first-order chi connectivity index (χ1) is 12.6. The number of hydrogen-bond acceptors (Lipinski definition) is 6. The third-order valence-corrected chi connectivity index (χ3v) is 5.88. The predicted octanol–water partition coefficient (Wildman–Crippen LogP) is 3.18. The summed E-state index contributed by atoms with van der Waals surface area (Å²) in [7, 11) is -3.44. The van der Waals surface area contributed by atoms with Gasteiger partial charge < -0.3 is 9.64 Å². The van der Waals surface area contributed by atoms with Crippen molar-refractivity contribution in [2.45, 2.75) is 44.8 Å². The number of rotatable bonds is 3. The second-order valence-electron chi connectivity index (χ2n) is 8.17. The number of nitrogens with zero attached hydrogens (tertiary/aromatic N) is 3. The van der Waals surface area contributed by atoms with Crippen molar-refractivity contribution in [3.8, 4) is 0 Å². The topological polar surface area (TPSA) is 72.4 Å². The number of hydrogen-bond donors (Lipinski definition) is 0. The summed E-state index contributed by atoms with van der Waals surface area (Å²) >= 11 is 0. The Bertz CT molecular complexity index is 908. The molecule has 0 radical (unpaired) electrons. The Morgan fingerprint density at radius 2 is 1.81 bits per heavy atom. The molecule has 1 aromatic carbocycles. The molecule has 0 saturated carbocycles. The lowest BCUT2D eigenvalue weighted by molar-refractivity contribution is -0.0794. The van der Waals surface area contributed by atoms with E-state index in [4.69, 9.17) is 4.74 Å². The second-order valence-corrected chi connectivity index (χ2v) is 10.2. The molecule has 7 heteroatoms. The van der Waals surface area contributed by atoms with Crippen LogP contribution in [0.3, 0.4) is 0 Å². The standard InChI is InChI=1S/C20H27N3O3S/c1-14-21-11-17(27(5,24)25)19(22-14)23-12-16(15-9-7-6-8-10-15)26-18(13-23)20(2,3)4/h6-11,16,18H,12-13H2,1-5H3/t16-,18+/m0/s1. The Labute approximate surface area is 161 Å². The summed E-state index contributed by atoms with van der Waals surface area (Å²) in [5.41, 5.74) is 0.974. The van der Waals surface area contributed by atoms with E-state index in [9.17, 15) is 8.42 Å². The lowest BCUT2D eigenvalue weighted by Crippen LogP contribution is -2.50. The van der Waals surface area contributed by atoms with Crippen molar-refractivity contribution in [3.05, 3.63) is 47.9 Å². The van der Waals surface area contributed by atoms with E-state index in [0.29, 0.717) is 24.7 Å². The Morgan fingerprint density at radius 3 is 2.41 bits per heavy atom. The quantitative estimate of drug-likeness (QED) is 0.803. The van der Waals surface area contributed by atoms with Gasteiger partial charge in [0.15, 0.2) is 15.7 Å². The van der Waals surface area contributed by atoms with Crippen molar-refractivity contribution >= 4 is 15.7 Å². The molecule has 6 nitrogen and oxygen atoms in total. The average molecular weight is 390 g/mol. The molecule has 0 N–H and O–H groups in total. The molecule has 0 amide bonds. The zero-order valence-corrected chi connectivity index (χ0v) is 17.3. The van der Waals surface area contributed by atoms with Crippen molar-refractivity contribution in [2.75, 3.05) is 24.2 Å². The van der Waals surface area contributed by atoms with Crippen LogP contribution < -0.4 is 4.90 Å². The highest BCUT2D eigenvalue weighted by Crippen LogP contribution is 2.36. The molecular weight excluding hydrogens is 362 g/mol. The van der Waals surface area contributed by atoms with Crippen molar-refractivity contribution in [2.24, 2.45) is 5.41 Å². The molecule has 1 aromatic heterocycles. The molecule has 2 atom stereocenters. The fourth-order valence-electron chi connectivity index (χ4n) is 3.20. The first-order valence-corrected chi connectivity index (χ1v) is 10.9. The summed E-state index contributed by atoms with van der Waals surface area (Å²) in [6.07, 6.45) is 2.37. The Balaban J connectivity index is 2.05. The van der Waals surface area contributed by atoms with E-state index in [1.807, 2.05) is 35.2 Å². The largest absolute Gasteiger partial charge is 0.366 e. The summed E-state index contributed by atoms with van der Waals surface area (Å²) in [6.45, 7) is 9.27. The highest BCUT2D eigenvalue weighted by molar-refractivity contribution is 7.90. The van der Waals surface area contributed by atoms with Crippen molar-refractivity contribution in [1.82, 2.24) is 9.97 Å². The molecular formula is C20H27N3O3S. The molecule has 1 fully saturated rings. The zero-order valence-electron chi connectivity index (χ0n) is 16.5. The van der Waals surface area contributed by atoms with Gasteiger partial charge in [-0.2, -0.15) is 0 Å². The maximum atomic E-state index is 12.3. The van der Waals surface area contributed by atoms with Gasteiger partial charge in [0.2, 0.25) is 0 Å². The van der Waals surface area contributed by atoms with Crippen LogP contribution in [-0.4, -0.2) is 43.8 Å². The van der Waals surface area contributed by atoms with Crippen LogP contribution in [0.5, 0.6) is 0 Å². The summed E-state index contributed by atoms with van der Waals surface area (Å²) < 4.78 is 31.0. The zero-order chi connectivity index (χ0) is 19.8. The lowest BCUT2D eigenvalue weighted by atomic mass is 9.87. The number of aromatic nitrogens is 2. The average Bonchev–Trinajstić information content (AvgIpc) is 2.60. The Morgan fingerprint density at radius 1 is 1.15 bits per heavy atom. The fraction of sp³-hybridized carbons (Fsp3) is 0.500. The van der Waals surface area contributed by atoms with Crippen molar-refractivity contribution in [1.29, 1.82) is 0 Å². The summed E-state index contributed by atoms with van der Waals surface area (Å²) in [5, 5.41) is 0. The molecule has 0 unspecified atom stereocenters. The van der Waals surface area contributed by atoms with Gasteiger partial charge in [-0.15, -0.1) is 0 Å². The maximum Gasteiger partial charge on any atom is 0.180 e. The molecule has 0 aliphatic carbocycles. The lowest BCUT2D eigenvalue weighted by Gasteiger charge is -2.44. The van der Waals surface area contributed by atoms with E-state index < -0.39 is 9.84 Å². The first kappa shape index (κ1) is 19.8. The van der Waals surface area contributed by atoms with E-state index >= 15 is 0 Å². The molecule has 0 spiro atoms. The Kier molecular flexibility index (Phi) is 5.27. The van der Waals surface area contributed by atoms with Crippen LogP contribution in [0, 0.1) is 12.3 Å². The molecule has 2 aromatic rings. The summed E-state index contributed by atoms with van der Waals surface area (Å²) in [4.78, 5) is 10.8. The number of sulfone groups is 1. The third-order valence-electron chi connectivity index (χ3n) is 4.79. The SMILES string of the molecule is Cc1ncc(S(C)(=O)=O)c(N2C[C@@H](c3ccccc3)O[C@@H](C(C)(C)C)C2)n1. The number of morpholine rings is 1. The van der Waals surface area contributed by atoms with Crippen molar-refractivity contribution < 1.29 is 13.2 Å². The summed E-state index contributed by atoms with van der Waals surface area (Å²) in [5.74, 6) is 1.01. The number of ether oxygens (including phenoxy) is 1. The van der Waals surface area contributed by atoms with Crippen LogP contribution in [0.1, 0.15) is 38.3 Å². The molecule has 27 heavy (non-hydrogen) atoms. The highest BCUT2D eigenvalue weighted by Gasteiger charge is 2.37. The van der Waals surface area contributed by atoms with E-state index in [1.54, 1.807) is 6.92 Å². The fourth-order valence-corrected chi connectivity index (χ4v) is 3.95. The monoisotopic (exact) mass is 389 g/mol. The van der Waals surface area contributed by atoms with Gasteiger partial charge in [0.1, 0.15) is 16.8 Å². The minimum absolute atomic E-state index is 0.0702. The molecule has 1 saturated heterocycles. The molecule has 146 valence electrons.